The molecule has 2 aromatic carbocycles. The molecule has 0 aliphatic rings. The van der Waals surface area contributed by atoms with Crippen molar-refractivity contribution in [2.24, 2.45) is 0 Å². The summed E-state index contributed by atoms with van der Waals surface area (Å²) in [4.78, 5) is 14.3. The van der Waals surface area contributed by atoms with Crippen LogP contribution >= 0.6 is 0 Å². The Kier molecular flexibility index (Phi) is 2.79. The Morgan fingerprint density at radius 2 is 2.05 bits per heavy atom. The van der Waals surface area contributed by atoms with Crippen LogP contribution in [0.3, 0.4) is 0 Å². The summed E-state index contributed by atoms with van der Waals surface area (Å²) in [7, 11) is 0. The van der Waals surface area contributed by atoms with Crippen LogP contribution in [0, 0.1) is 15.9 Å². The van der Waals surface area contributed by atoms with Gasteiger partial charge in [-0.25, -0.2) is 4.39 Å². The van der Waals surface area contributed by atoms with Crippen LogP contribution in [0.1, 0.15) is 0 Å². The van der Waals surface area contributed by atoms with Crippen molar-refractivity contribution in [2.45, 2.75) is 0 Å². The second-order valence-electron chi connectivity index (χ2n) is 4.03. The maximum absolute atomic E-state index is 13.0. The first-order chi connectivity index (χ1) is 9.63. The average Bonchev–Trinajstić information content (AvgIpc) is 2.82. The summed E-state index contributed by atoms with van der Waals surface area (Å²) < 4.78 is 18.4. The zero-order chi connectivity index (χ0) is 14.1. The smallest absolute Gasteiger partial charge is 0.300 e. The molecule has 3 rings (SSSR count). The highest BCUT2D eigenvalue weighted by Gasteiger charge is 2.16. The Morgan fingerprint density at radius 1 is 1.25 bits per heavy atom. The van der Waals surface area contributed by atoms with Gasteiger partial charge in [0, 0.05) is 0 Å². The third-order valence-corrected chi connectivity index (χ3v) is 2.69. The van der Waals surface area contributed by atoms with Gasteiger partial charge in [0.05, 0.1) is 11.0 Å². The molecule has 0 radical (unpaired) electrons. The number of aromatic nitrogens is 1. The van der Waals surface area contributed by atoms with Crippen molar-refractivity contribution in [1.29, 1.82) is 0 Å². The quantitative estimate of drug-likeness (QED) is 0.582. The van der Waals surface area contributed by atoms with Crippen LogP contribution in [-0.2, 0) is 0 Å². The van der Waals surface area contributed by atoms with E-state index in [2.05, 4.69) is 10.3 Å². The number of oxazole rings is 1. The highest BCUT2D eigenvalue weighted by Crippen LogP contribution is 2.29. The van der Waals surface area contributed by atoms with Crippen molar-refractivity contribution in [1.82, 2.24) is 4.98 Å². The minimum atomic E-state index is -0.681. The Bertz CT molecular complexity index is 767. The lowest BCUT2D eigenvalue weighted by Crippen LogP contribution is -1.97. The van der Waals surface area contributed by atoms with Gasteiger partial charge in [-0.1, -0.05) is 12.1 Å². The zero-order valence-corrected chi connectivity index (χ0v) is 10.0. The number of hydrogen-bond acceptors (Lipinski definition) is 5. The molecule has 1 aromatic heterocycles. The van der Waals surface area contributed by atoms with E-state index in [-0.39, 0.29) is 17.4 Å². The van der Waals surface area contributed by atoms with E-state index in [4.69, 9.17) is 4.42 Å². The predicted octanol–water partition coefficient (Wildman–Crippen LogP) is 3.62. The summed E-state index contributed by atoms with van der Waals surface area (Å²) in [6.07, 6.45) is 0. The number of benzene rings is 2. The molecular formula is C13H8FN3O3. The van der Waals surface area contributed by atoms with E-state index in [9.17, 15) is 14.5 Å². The van der Waals surface area contributed by atoms with Gasteiger partial charge in [0.15, 0.2) is 5.58 Å². The molecule has 7 heteroatoms. The highest BCUT2D eigenvalue weighted by atomic mass is 19.1. The van der Waals surface area contributed by atoms with Gasteiger partial charge in [0.1, 0.15) is 17.0 Å². The van der Waals surface area contributed by atoms with Gasteiger partial charge in [-0.05, 0) is 24.3 Å². The topological polar surface area (TPSA) is 81.2 Å². The second kappa shape index (κ2) is 4.61. The lowest BCUT2D eigenvalue weighted by atomic mass is 10.2. The number of halogens is 1. The largest absolute Gasteiger partial charge is 0.423 e. The summed E-state index contributed by atoms with van der Waals surface area (Å²) in [5.41, 5.74) is 0.912. The molecule has 1 N–H and O–H groups in total. The normalized spacial score (nSPS) is 10.7. The lowest BCUT2D eigenvalue weighted by Gasteiger charge is -2.02. The Hall–Kier alpha value is -2.96. The third-order valence-electron chi connectivity index (χ3n) is 2.69. The average molecular weight is 273 g/mol. The molecule has 0 bridgehead atoms. The maximum Gasteiger partial charge on any atom is 0.300 e. The summed E-state index contributed by atoms with van der Waals surface area (Å²) in [5, 5.41) is 13.6. The van der Waals surface area contributed by atoms with Crippen LogP contribution in [0.4, 0.5) is 21.8 Å². The number of nitrogens with zero attached hydrogens (tertiary/aromatic N) is 2. The van der Waals surface area contributed by atoms with E-state index in [1.807, 2.05) is 0 Å². The van der Waals surface area contributed by atoms with Crippen molar-refractivity contribution < 1.29 is 13.7 Å². The minimum Gasteiger partial charge on any atom is -0.423 e. The lowest BCUT2D eigenvalue weighted by molar-refractivity contribution is -0.384. The molecule has 0 aliphatic heterocycles. The number of hydrogen-bond donors (Lipinski definition) is 1. The van der Waals surface area contributed by atoms with Gasteiger partial charge < -0.3 is 9.73 Å². The molecule has 0 saturated heterocycles. The summed E-state index contributed by atoms with van der Waals surface area (Å²) in [6.45, 7) is 0. The van der Waals surface area contributed by atoms with Crippen molar-refractivity contribution in [3.05, 3.63) is 58.4 Å². The van der Waals surface area contributed by atoms with Crippen LogP contribution < -0.4 is 5.32 Å². The summed E-state index contributed by atoms with van der Waals surface area (Å²) in [5.74, 6) is -0.681. The zero-order valence-electron chi connectivity index (χ0n) is 10.0. The molecule has 0 aliphatic carbocycles. The van der Waals surface area contributed by atoms with E-state index < -0.39 is 10.7 Å². The highest BCUT2D eigenvalue weighted by molar-refractivity contribution is 5.76. The van der Waals surface area contributed by atoms with Crippen molar-refractivity contribution >= 4 is 28.5 Å². The fraction of sp³-hybridized carbons (Fsp3) is 0. The summed E-state index contributed by atoms with van der Waals surface area (Å²) in [6, 6.07) is 10.4. The molecule has 3 aromatic rings. The molecule has 0 unspecified atom stereocenters. The van der Waals surface area contributed by atoms with Crippen LogP contribution in [-0.4, -0.2) is 9.91 Å². The number of rotatable bonds is 3. The number of anilines is 2. The van der Waals surface area contributed by atoms with E-state index >= 15 is 0 Å². The molecule has 6 nitrogen and oxygen atoms in total. The van der Waals surface area contributed by atoms with Crippen LogP contribution in [0.25, 0.3) is 11.1 Å². The molecule has 0 saturated carbocycles. The van der Waals surface area contributed by atoms with Gasteiger partial charge in [0.25, 0.3) is 11.7 Å². The summed E-state index contributed by atoms with van der Waals surface area (Å²) >= 11 is 0. The molecule has 1 heterocycles. The first-order valence-electron chi connectivity index (χ1n) is 5.70. The fourth-order valence-electron chi connectivity index (χ4n) is 1.80. The Morgan fingerprint density at radius 3 is 2.80 bits per heavy atom. The monoisotopic (exact) mass is 273 g/mol. The molecule has 100 valence electrons. The van der Waals surface area contributed by atoms with Crippen molar-refractivity contribution in [2.75, 3.05) is 5.32 Å². The maximum atomic E-state index is 13.0. The Labute approximate surface area is 112 Å². The minimum absolute atomic E-state index is 0.112. The number of fused-ring (bicyclic) bond motifs is 1. The van der Waals surface area contributed by atoms with Gasteiger partial charge >= 0.3 is 0 Å². The Balaban J connectivity index is 2.00. The van der Waals surface area contributed by atoms with Crippen molar-refractivity contribution in [3.8, 4) is 0 Å². The van der Waals surface area contributed by atoms with Crippen LogP contribution in [0.15, 0.2) is 46.9 Å². The van der Waals surface area contributed by atoms with Gasteiger partial charge in [-0.3, -0.25) is 10.1 Å². The molecule has 0 atom stereocenters. The predicted molar refractivity (Wildman–Crippen MR) is 70.3 cm³/mol. The standard InChI is InChI=1S/C13H8FN3O3/c14-8-5-6-9(11(7-8)17(18)19)15-13-16-10-3-1-2-4-12(10)20-13/h1-7H,(H,15,16). The van der Waals surface area contributed by atoms with Crippen LogP contribution in [0.2, 0.25) is 0 Å². The molecular weight excluding hydrogens is 265 g/mol. The van der Waals surface area contributed by atoms with E-state index in [1.165, 1.54) is 6.07 Å². The first-order valence-corrected chi connectivity index (χ1v) is 5.70. The van der Waals surface area contributed by atoms with E-state index in [1.54, 1.807) is 24.3 Å². The number of para-hydroxylation sites is 2. The molecule has 20 heavy (non-hydrogen) atoms. The number of nitrogens with one attached hydrogen (secondary N) is 1. The van der Waals surface area contributed by atoms with E-state index in [0.717, 1.165) is 12.1 Å². The fourth-order valence-corrected chi connectivity index (χ4v) is 1.80. The van der Waals surface area contributed by atoms with Crippen molar-refractivity contribution in [3.63, 3.8) is 0 Å². The van der Waals surface area contributed by atoms with Gasteiger partial charge in [-0.2, -0.15) is 4.98 Å². The van der Waals surface area contributed by atoms with Gasteiger partial charge in [0.2, 0.25) is 0 Å². The SMILES string of the molecule is O=[N+]([O-])c1cc(F)ccc1Nc1nc2ccccc2o1. The van der Waals surface area contributed by atoms with Crippen LogP contribution in [0.5, 0.6) is 0 Å². The second-order valence-corrected chi connectivity index (χ2v) is 4.03. The third kappa shape index (κ3) is 2.16. The van der Waals surface area contributed by atoms with Gasteiger partial charge in [-0.15, -0.1) is 0 Å². The molecule has 0 fully saturated rings. The molecule has 0 spiro atoms. The number of nitro benzene ring substituents is 1. The first kappa shape index (κ1) is 12.1. The van der Waals surface area contributed by atoms with E-state index in [0.29, 0.717) is 11.1 Å². The molecule has 0 amide bonds. The number of nitro groups is 1.